The third-order valence-electron chi connectivity index (χ3n) is 3.62. The molecule has 1 fully saturated rings. The van der Waals surface area contributed by atoms with E-state index in [0.29, 0.717) is 6.04 Å². The van der Waals surface area contributed by atoms with Crippen molar-refractivity contribution in [3.63, 3.8) is 0 Å². The number of hydrogen-bond donors (Lipinski definition) is 1. The Labute approximate surface area is 116 Å². The topological polar surface area (TPSA) is 37.4 Å². The monoisotopic (exact) mass is 263 g/mol. The molecule has 1 saturated heterocycles. The zero-order chi connectivity index (χ0) is 13.9. The van der Waals surface area contributed by atoms with Gasteiger partial charge in [-0.15, -0.1) is 0 Å². The number of nitrogens with zero attached hydrogens (tertiary/aromatic N) is 2. The number of anilines is 1. The molecule has 2 rings (SSSR count). The van der Waals surface area contributed by atoms with Crippen LogP contribution < -0.4 is 5.43 Å². The summed E-state index contributed by atoms with van der Waals surface area (Å²) in [4.78, 5) is 4.51. The van der Waals surface area contributed by atoms with Gasteiger partial charge < -0.3 is 10.2 Å². The summed E-state index contributed by atoms with van der Waals surface area (Å²) in [5.41, 5.74) is 4.80. The molecule has 0 amide bonds. The van der Waals surface area contributed by atoms with Gasteiger partial charge in [-0.3, -0.25) is 0 Å². The molecule has 0 aliphatic carbocycles. The van der Waals surface area contributed by atoms with Gasteiger partial charge in [0.2, 0.25) is 0 Å². The van der Waals surface area contributed by atoms with Crippen LogP contribution in [0.1, 0.15) is 39.2 Å². The van der Waals surface area contributed by atoms with Gasteiger partial charge in [-0.2, -0.15) is 0 Å². The van der Waals surface area contributed by atoms with Crippen molar-refractivity contribution in [2.75, 3.05) is 25.7 Å². The molecule has 0 aromatic carbocycles. The number of rotatable bonds is 4. The van der Waals surface area contributed by atoms with Crippen molar-refractivity contribution in [2.45, 2.75) is 45.1 Å². The minimum absolute atomic E-state index is 0.151. The number of aromatic nitrogens is 1. The molecule has 1 aromatic heterocycles. The van der Waals surface area contributed by atoms with Crippen LogP contribution in [0.2, 0.25) is 0 Å². The highest BCUT2D eigenvalue weighted by atomic mass is 16.5. The summed E-state index contributed by atoms with van der Waals surface area (Å²) in [6.45, 7) is 8.43. The molecule has 1 aliphatic rings. The minimum Gasteiger partial charge on any atom is -0.383 e. The Morgan fingerprint density at radius 2 is 2.21 bits per heavy atom. The fourth-order valence-electron chi connectivity index (χ4n) is 2.40. The van der Waals surface area contributed by atoms with Gasteiger partial charge in [0.25, 0.3) is 0 Å². The second kappa shape index (κ2) is 5.88. The summed E-state index contributed by atoms with van der Waals surface area (Å²) >= 11 is 0. The summed E-state index contributed by atoms with van der Waals surface area (Å²) in [7, 11) is 1.76. The van der Waals surface area contributed by atoms with Crippen LogP contribution in [0, 0.1) is 0 Å². The van der Waals surface area contributed by atoms with Crippen LogP contribution >= 0.6 is 0 Å². The zero-order valence-corrected chi connectivity index (χ0v) is 12.4. The molecule has 106 valence electrons. The first-order valence-electron chi connectivity index (χ1n) is 6.99. The molecule has 1 N–H and O–H groups in total. The second-order valence-electron chi connectivity index (χ2n) is 6.24. The molecular weight excluding hydrogens is 238 g/mol. The zero-order valence-electron chi connectivity index (χ0n) is 12.4. The molecule has 1 aliphatic heterocycles. The summed E-state index contributed by atoms with van der Waals surface area (Å²) in [6, 6.07) is 4.66. The summed E-state index contributed by atoms with van der Waals surface area (Å²) < 4.78 is 5.26. The highest BCUT2D eigenvalue weighted by molar-refractivity contribution is 5.36. The number of methoxy groups -OCH3 is 1. The lowest BCUT2D eigenvalue weighted by molar-refractivity contribution is 0.128. The maximum Gasteiger partial charge on any atom is 0.140 e. The first-order chi connectivity index (χ1) is 9.00. The molecule has 0 bridgehead atoms. The van der Waals surface area contributed by atoms with Crippen LogP contribution in [0.4, 0.5) is 5.82 Å². The molecule has 1 atom stereocenters. The molecule has 2 heterocycles. The van der Waals surface area contributed by atoms with Gasteiger partial charge in [-0.05, 0) is 29.9 Å². The third-order valence-corrected chi connectivity index (χ3v) is 3.62. The summed E-state index contributed by atoms with van der Waals surface area (Å²) in [5, 5.41) is 2.24. The van der Waals surface area contributed by atoms with E-state index in [9.17, 15) is 0 Å². The lowest BCUT2D eigenvalue weighted by atomic mass is 9.88. The lowest BCUT2D eigenvalue weighted by Gasteiger charge is -2.25. The fraction of sp³-hybridized carbons (Fsp3) is 0.667. The minimum atomic E-state index is 0.151. The molecule has 4 nitrogen and oxygen atoms in total. The van der Waals surface area contributed by atoms with Crippen molar-refractivity contribution in [3.05, 3.63) is 23.9 Å². The van der Waals surface area contributed by atoms with Crippen LogP contribution in [-0.2, 0) is 10.2 Å². The van der Waals surface area contributed by atoms with E-state index in [0.717, 1.165) is 19.0 Å². The Balaban J connectivity index is 1.99. The average Bonchev–Trinajstić information content (AvgIpc) is 2.77. The van der Waals surface area contributed by atoms with Gasteiger partial charge in [-0.25, -0.2) is 9.99 Å². The summed E-state index contributed by atoms with van der Waals surface area (Å²) in [6.07, 6.45) is 4.35. The second-order valence-corrected chi connectivity index (χ2v) is 6.24. The van der Waals surface area contributed by atoms with Crippen molar-refractivity contribution in [1.29, 1.82) is 0 Å². The maximum absolute atomic E-state index is 5.26. The maximum atomic E-state index is 5.26. The van der Waals surface area contributed by atoms with Gasteiger partial charge in [0, 0.05) is 19.9 Å². The van der Waals surface area contributed by atoms with Crippen LogP contribution in [-0.4, -0.2) is 36.3 Å². The van der Waals surface area contributed by atoms with E-state index >= 15 is 0 Å². The fourth-order valence-corrected chi connectivity index (χ4v) is 2.40. The molecule has 1 aromatic rings. The summed E-state index contributed by atoms with van der Waals surface area (Å²) in [5.74, 6) is 0.913. The van der Waals surface area contributed by atoms with Gasteiger partial charge >= 0.3 is 0 Å². The number of hydrazine groups is 1. The highest BCUT2D eigenvalue weighted by Crippen LogP contribution is 2.23. The van der Waals surface area contributed by atoms with Crippen LogP contribution in [0.15, 0.2) is 18.3 Å². The van der Waals surface area contributed by atoms with Crippen molar-refractivity contribution in [2.24, 2.45) is 0 Å². The molecule has 0 spiro atoms. The number of nitrogens with one attached hydrogen (secondary N) is 1. The standard InChI is InChI=1S/C15H25N3O/c1-15(2,3)12-7-8-14(16-10-12)17-18-9-5-6-13(18)11-19-4/h7-8,10,13H,5-6,9,11H2,1-4H3,(H,16,17)/t13-/m1/s1. The Hall–Kier alpha value is -1.13. The van der Waals surface area contributed by atoms with E-state index in [1.54, 1.807) is 7.11 Å². The Morgan fingerprint density at radius 3 is 2.79 bits per heavy atom. The molecule has 0 saturated carbocycles. The molecule has 0 unspecified atom stereocenters. The van der Waals surface area contributed by atoms with E-state index in [1.165, 1.54) is 18.4 Å². The lowest BCUT2D eigenvalue weighted by Crippen LogP contribution is -2.37. The van der Waals surface area contributed by atoms with Crippen LogP contribution in [0.5, 0.6) is 0 Å². The predicted molar refractivity (Wildman–Crippen MR) is 78.2 cm³/mol. The SMILES string of the molecule is COC[C@H]1CCCN1Nc1ccc(C(C)(C)C)cn1. The molecule has 0 radical (unpaired) electrons. The van der Waals surface area contributed by atoms with Gasteiger partial charge in [-0.1, -0.05) is 26.8 Å². The van der Waals surface area contributed by atoms with Gasteiger partial charge in [0.15, 0.2) is 0 Å². The highest BCUT2D eigenvalue weighted by Gasteiger charge is 2.24. The van der Waals surface area contributed by atoms with Crippen molar-refractivity contribution in [1.82, 2.24) is 9.99 Å². The quantitative estimate of drug-likeness (QED) is 0.906. The smallest absolute Gasteiger partial charge is 0.140 e. The molecular formula is C15H25N3O. The third kappa shape index (κ3) is 3.67. The Morgan fingerprint density at radius 1 is 1.42 bits per heavy atom. The van der Waals surface area contributed by atoms with E-state index < -0.39 is 0 Å². The molecule has 4 heteroatoms. The van der Waals surface area contributed by atoms with E-state index in [1.807, 2.05) is 6.20 Å². The average molecular weight is 263 g/mol. The number of ether oxygens (including phenoxy) is 1. The van der Waals surface area contributed by atoms with Gasteiger partial charge in [0.05, 0.1) is 12.6 Å². The van der Waals surface area contributed by atoms with Gasteiger partial charge in [0.1, 0.15) is 5.82 Å². The molecule has 19 heavy (non-hydrogen) atoms. The predicted octanol–water partition coefficient (Wildman–Crippen LogP) is 2.82. The largest absolute Gasteiger partial charge is 0.383 e. The Kier molecular flexibility index (Phi) is 4.42. The first kappa shape index (κ1) is 14.3. The van der Waals surface area contributed by atoms with E-state index in [-0.39, 0.29) is 5.41 Å². The van der Waals surface area contributed by atoms with Crippen molar-refractivity contribution < 1.29 is 4.74 Å². The van der Waals surface area contributed by atoms with Crippen molar-refractivity contribution in [3.8, 4) is 0 Å². The first-order valence-corrected chi connectivity index (χ1v) is 6.99. The van der Waals surface area contributed by atoms with E-state index in [4.69, 9.17) is 4.74 Å². The van der Waals surface area contributed by atoms with Crippen molar-refractivity contribution >= 4 is 5.82 Å². The van der Waals surface area contributed by atoms with E-state index in [2.05, 4.69) is 48.3 Å². The number of hydrogen-bond acceptors (Lipinski definition) is 4. The van der Waals surface area contributed by atoms with Crippen LogP contribution in [0.3, 0.4) is 0 Å². The number of pyridine rings is 1. The Bertz CT molecular complexity index is 397. The van der Waals surface area contributed by atoms with Crippen LogP contribution in [0.25, 0.3) is 0 Å². The normalized spacial score (nSPS) is 20.7.